The standard InChI is InChI=1S/C23H21N3O4/c24-18(14-15-8-2-1-3-9-15)22(28)26-19-12-6-4-10-16(19)21(27)25-20-13-7-5-11-17(20)23(29)30/h1-13,18H,14,24H2,(H,25,27)(H,26,28)(H,29,30)/t18-/m0/s1. The molecular formula is C23H21N3O4. The highest BCUT2D eigenvalue weighted by molar-refractivity contribution is 6.12. The number of carbonyl (C=O) groups is 3. The van der Waals surface area contributed by atoms with E-state index in [0.717, 1.165) is 5.56 Å². The minimum atomic E-state index is -1.15. The van der Waals surface area contributed by atoms with Gasteiger partial charge in [-0.2, -0.15) is 0 Å². The van der Waals surface area contributed by atoms with Crippen molar-refractivity contribution in [3.63, 3.8) is 0 Å². The fraction of sp³-hybridized carbons (Fsp3) is 0.0870. The first-order valence-corrected chi connectivity index (χ1v) is 9.29. The number of benzene rings is 3. The van der Waals surface area contributed by atoms with E-state index in [1.807, 2.05) is 30.3 Å². The van der Waals surface area contributed by atoms with Gasteiger partial charge in [-0.25, -0.2) is 4.79 Å². The van der Waals surface area contributed by atoms with Gasteiger partial charge in [-0.05, 0) is 36.2 Å². The summed E-state index contributed by atoms with van der Waals surface area (Å²) >= 11 is 0. The summed E-state index contributed by atoms with van der Waals surface area (Å²) in [6.07, 6.45) is 0.354. The maximum Gasteiger partial charge on any atom is 0.337 e. The molecule has 30 heavy (non-hydrogen) atoms. The molecule has 7 heteroatoms. The van der Waals surface area contributed by atoms with Crippen LogP contribution in [0.3, 0.4) is 0 Å². The second-order valence-corrected chi connectivity index (χ2v) is 6.64. The van der Waals surface area contributed by atoms with Gasteiger partial charge >= 0.3 is 5.97 Å². The number of rotatable bonds is 7. The summed E-state index contributed by atoms with van der Waals surface area (Å²) in [6.45, 7) is 0. The van der Waals surface area contributed by atoms with E-state index >= 15 is 0 Å². The van der Waals surface area contributed by atoms with Gasteiger partial charge in [0.2, 0.25) is 5.91 Å². The third kappa shape index (κ3) is 5.09. The van der Waals surface area contributed by atoms with Crippen LogP contribution in [0.5, 0.6) is 0 Å². The fourth-order valence-electron chi connectivity index (χ4n) is 2.94. The summed E-state index contributed by atoms with van der Waals surface area (Å²) in [6, 6.07) is 21.1. The van der Waals surface area contributed by atoms with E-state index in [2.05, 4.69) is 10.6 Å². The molecule has 0 aromatic heterocycles. The van der Waals surface area contributed by atoms with Crippen LogP contribution in [-0.4, -0.2) is 28.9 Å². The van der Waals surface area contributed by atoms with Gasteiger partial charge in [0.05, 0.1) is 28.5 Å². The lowest BCUT2D eigenvalue weighted by Gasteiger charge is -2.15. The molecule has 7 nitrogen and oxygen atoms in total. The number of hydrogen-bond acceptors (Lipinski definition) is 4. The topological polar surface area (TPSA) is 122 Å². The van der Waals surface area contributed by atoms with Crippen molar-refractivity contribution < 1.29 is 19.5 Å². The third-order valence-electron chi connectivity index (χ3n) is 4.47. The number of hydrogen-bond donors (Lipinski definition) is 4. The lowest BCUT2D eigenvalue weighted by molar-refractivity contribution is -0.117. The molecule has 1 atom stereocenters. The van der Waals surface area contributed by atoms with Crippen LogP contribution < -0.4 is 16.4 Å². The van der Waals surface area contributed by atoms with E-state index < -0.39 is 23.8 Å². The Morgan fingerprint density at radius 2 is 1.30 bits per heavy atom. The van der Waals surface area contributed by atoms with Crippen molar-refractivity contribution in [2.75, 3.05) is 10.6 Å². The number of carboxylic acids is 1. The molecule has 3 aromatic rings. The summed E-state index contributed by atoms with van der Waals surface area (Å²) in [4.78, 5) is 36.7. The van der Waals surface area contributed by atoms with E-state index in [1.165, 1.54) is 18.2 Å². The Hall–Kier alpha value is -3.97. The van der Waals surface area contributed by atoms with E-state index in [1.54, 1.807) is 30.3 Å². The van der Waals surface area contributed by atoms with Crippen molar-refractivity contribution in [1.29, 1.82) is 0 Å². The molecular weight excluding hydrogens is 382 g/mol. The minimum Gasteiger partial charge on any atom is -0.478 e. The Bertz CT molecular complexity index is 1070. The van der Waals surface area contributed by atoms with Gasteiger partial charge in [-0.1, -0.05) is 54.6 Å². The molecule has 0 radical (unpaired) electrons. The smallest absolute Gasteiger partial charge is 0.337 e. The van der Waals surface area contributed by atoms with Gasteiger partial charge in [0.15, 0.2) is 0 Å². The Balaban J connectivity index is 1.75. The van der Waals surface area contributed by atoms with E-state index in [-0.39, 0.29) is 22.5 Å². The van der Waals surface area contributed by atoms with E-state index in [9.17, 15) is 19.5 Å². The van der Waals surface area contributed by atoms with Gasteiger partial charge in [-0.15, -0.1) is 0 Å². The molecule has 0 unspecified atom stereocenters. The predicted molar refractivity (Wildman–Crippen MR) is 115 cm³/mol. The van der Waals surface area contributed by atoms with Gasteiger partial charge in [-0.3, -0.25) is 9.59 Å². The molecule has 2 amide bonds. The molecule has 0 bridgehead atoms. The molecule has 0 saturated carbocycles. The van der Waals surface area contributed by atoms with Gasteiger partial charge in [0, 0.05) is 0 Å². The molecule has 5 N–H and O–H groups in total. The molecule has 0 saturated heterocycles. The zero-order chi connectivity index (χ0) is 21.5. The molecule has 0 aliphatic carbocycles. The highest BCUT2D eigenvalue weighted by Crippen LogP contribution is 2.20. The number of aromatic carboxylic acids is 1. The zero-order valence-electron chi connectivity index (χ0n) is 16.0. The van der Waals surface area contributed by atoms with E-state index in [4.69, 9.17) is 5.73 Å². The molecule has 0 heterocycles. The van der Waals surface area contributed by atoms with Crippen molar-refractivity contribution >= 4 is 29.2 Å². The van der Waals surface area contributed by atoms with Crippen LogP contribution in [0, 0.1) is 0 Å². The number of para-hydroxylation sites is 2. The third-order valence-corrected chi connectivity index (χ3v) is 4.47. The predicted octanol–water partition coefficient (Wildman–Crippen LogP) is 3.15. The van der Waals surface area contributed by atoms with Gasteiger partial charge in [0.1, 0.15) is 0 Å². The largest absolute Gasteiger partial charge is 0.478 e. The summed E-state index contributed by atoms with van der Waals surface area (Å²) in [7, 11) is 0. The molecule has 3 aromatic carbocycles. The molecule has 0 aliphatic heterocycles. The first kappa shape index (κ1) is 20.8. The molecule has 0 aliphatic rings. The van der Waals surface area contributed by atoms with Crippen molar-refractivity contribution in [2.24, 2.45) is 5.73 Å². The Kier molecular flexibility index (Phi) is 6.56. The van der Waals surface area contributed by atoms with Crippen LogP contribution in [0.25, 0.3) is 0 Å². The molecule has 0 fully saturated rings. The Labute approximate surface area is 173 Å². The quantitative estimate of drug-likeness (QED) is 0.483. The number of carboxylic acid groups (broad SMARTS) is 1. The monoisotopic (exact) mass is 403 g/mol. The molecule has 152 valence electrons. The van der Waals surface area contributed by atoms with Crippen LogP contribution >= 0.6 is 0 Å². The van der Waals surface area contributed by atoms with Crippen LogP contribution in [-0.2, 0) is 11.2 Å². The maximum atomic E-state index is 12.8. The minimum absolute atomic E-state index is 0.0303. The first-order chi connectivity index (χ1) is 14.5. The highest BCUT2D eigenvalue weighted by Gasteiger charge is 2.19. The van der Waals surface area contributed by atoms with Gasteiger partial charge < -0.3 is 21.5 Å². The van der Waals surface area contributed by atoms with Crippen LogP contribution in [0.1, 0.15) is 26.3 Å². The summed E-state index contributed by atoms with van der Waals surface area (Å²) in [5, 5.41) is 14.6. The zero-order valence-corrected chi connectivity index (χ0v) is 16.0. The number of nitrogens with one attached hydrogen (secondary N) is 2. The normalized spacial score (nSPS) is 11.4. The van der Waals surface area contributed by atoms with Crippen LogP contribution in [0.2, 0.25) is 0 Å². The lowest BCUT2D eigenvalue weighted by Crippen LogP contribution is -2.37. The number of anilines is 2. The van der Waals surface area contributed by atoms with Crippen molar-refractivity contribution in [1.82, 2.24) is 0 Å². The average molecular weight is 403 g/mol. The number of amides is 2. The summed E-state index contributed by atoms with van der Waals surface area (Å²) < 4.78 is 0. The number of nitrogens with two attached hydrogens (primary N) is 1. The van der Waals surface area contributed by atoms with Crippen molar-refractivity contribution in [3.8, 4) is 0 Å². The lowest BCUT2D eigenvalue weighted by atomic mass is 10.1. The fourth-order valence-corrected chi connectivity index (χ4v) is 2.94. The molecule has 3 rings (SSSR count). The van der Waals surface area contributed by atoms with Crippen molar-refractivity contribution in [3.05, 3.63) is 95.6 Å². The first-order valence-electron chi connectivity index (χ1n) is 9.29. The van der Waals surface area contributed by atoms with Gasteiger partial charge in [0.25, 0.3) is 5.91 Å². The summed E-state index contributed by atoms with van der Waals surface area (Å²) in [5.41, 5.74) is 7.56. The van der Waals surface area contributed by atoms with Crippen molar-refractivity contribution in [2.45, 2.75) is 12.5 Å². The van der Waals surface area contributed by atoms with E-state index in [0.29, 0.717) is 6.42 Å². The summed E-state index contributed by atoms with van der Waals surface area (Å²) in [5.74, 6) is -2.12. The Morgan fingerprint density at radius 3 is 1.93 bits per heavy atom. The number of carbonyl (C=O) groups excluding carboxylic acids is 2. The second-order valence-electron chi connectivity index (χ2n) is 6.64. The second kappa shape index (κ2) is 9.49. The maximum absolute atomic E-state index is 12.8. The average Bonchev–Trinajstić information content (AvgIpc) is 2.75. The Morgan fingerprint density at radius 1 is 0.767 bits per heavy atom. The SMILES string of the molecule is N[C@@H](Cc1ccccc1)C(=O)Nc1ccccc1C(=O)Nc1ccccc1C(=O)O. The highest BCUT2D eigenvalue weighted by atomic mass is 16.4. The molecule has 0 spiro atoms. The van der Waals surface area contributed by atoms with Crippen LogP contribution in [0.15, 0.2) is 78.9 Å². The van der Waals surface area contributed by atoms with Crippen LogP contribution in [0.4, 0.5) is 11.4 Å².